The topological polar surface area (TPSA) is 76.1 Å². The Kier molecular flexibility index (Phi) is 5.88. The first-order chi connectivity index (χ1) is 13.0. The van der Waals surface area contributed by atoms with Gasteiger partial charge in [0.1, 0.15) is 11.4 Å². The number of nitrogens with zero attached hydrogens (tertiary/aromatic N) is 2. The summed E-state index contributed by atoms with van der Waals surface area (Å²) in [5.74, 6) is 0.810. The Balaban J connectivity index is 1.69. The van der Waals surface area contributed by atoms with Crippen LogP contribution in [-0.4, -0.2) is 23.0 Å². The molecule has 0 unspecified atom stereocenters. The fraction of sp³-hybridized carbons (Fsp3) is 0.150. The summed E-state index contributed by atoms with van der Waals surface area (Å²) in [6, 6.07) is 16.2. The minimum Gasteiger partial charge on any atom is -0.497 e. The van der Waals surface area contributed by atoms with Crippen molar-refractivity contribution in [2.45, 2.75) is 13.5 Å². The maximum absolute atomic E-state index is 12.5. The van der Waals surface area contributed by atoms with Crippen LogP contribution in [0.2, 0.25) is 5.02 Å². The van der Waals surface area contributed by atoms with Crippen molar-refractivity contribution in [2.24, 2.45) is 0 Å². The molecule has 0 bridgehead atoms. The van der Waals surface area contributed by atoms with Crippen LogP contribution in [0.15, 0.2) is 54.6 Å². The number of halogens is 1. The maximum atomic E-state index is 12.5. The molecule has 0 aliphatic heterocycles. The molecule has 2 N–H and O–H groups in total. The number of carbonyl (C=O) groups is 1. The molecule has 1 heterocycles. The van der Waals surface area contributed by atoms with E-state index in [2.05, 4.69) is 20.6 Å². The van der Waals surface area contributed by atoms with Gasteiger partial charge < -0.3 is 15.4 Å². The Morgan fingerprint density at radius 1 is 1.07 bits per heavy atom. The van der Waals surface area contributed by atoms with Gasteiger partial charge in [-0.25, -0.2) is 9.97 Å². The second-order valence-electron chi connectivity index (χ2n) is 5.88. The van der Waals surface area contributed by atoms with Crippen LogP contribution < -0.4 is 15.4 Å². The molecule has 0 aliphatic rings. The van der Waals surface area contributed by atoms with Crippen LogP contribution in [-0.2, 0) is 6.54 Å². The molecule has 7 heteroatoms. The summed E-state index contributed by atoms with van der Waals surface area (Å²) < 4.78 is 5.11. The van der Waals surface area contributed by atoms with Gasteiger partial charge in [-0.1, -0.05) is 23.7 Å². The summed E-state index contributed by atoms with van der Waals surface area (Å²) >= 11 is 5.89. The summed E-state index contributed by atoms with van der Waals surface area (Å²) in [6.45, 7) is 2.35. The Labute approximate surface area is 162 Å². The average molecular weight is 383 g/mol. The van der Waals surface area contributed by atoms with E-state index in [1.807, 2.05) is 31.2 Å². The molecule has 0 saturated heterocycles. The van der Waals surface area contributed by atoms with E-state index >= 15 is 0 Å². The van der Waals surface area contributed by atoms with Crippen molar-refractivity contribution >= 4 is 29.1 Å². The Morgan fingerprint density at radius 3 is 2.44 bits per heavy atom. The number of nitrogens with one attached hydrogen (secondary N) is 2. The van der Waals surface area contributed by atoms with E-state index in [9.17, 15) is 4.79 Å². The van der Waals surface area contributed by atoms with E-state index in [4.69, 9.17) is 16.3 Å². The molecule has 0 spiro atoms. The molecule has 0 radical (unpaired) electrons. The molecule has 0 atom stereocenters. The molecule has 2 aromatic carbocycles. The SMILES string of the molecule is COc1ccc(NC(=O)c2cc(C)nc(NCc3ccc(Cl)cc3)n2)cc1. The average Bonchev–Trinajstić information content (AvgIpc) is 2.68. The van der Waals surface area contributed by atoms with Crippen LogP contribution in [0.4, 0.5) is 11.6 Å². The zero-order chi connectivity index (χ0) is 19.2. The monoisotopic (exact) mass is 382 g/mol. The Morgan fingerprint density at radius 2 is 1.78 bits per heavy atom. The van der Waals surface area contributed by atoms with Crippen molar-refractivity contribution < 1.29 is 9.53 Å². The summed E-state index contributed by atoms with van der Waals surface area (Å²) in [5.41, 5.74) is 2.68. The van der Waals surface area contributed by atoms with Gasteiger partial charge in [0.15, 0.2) is 0 Å². The third-order valence-corrected chi connectivity index (χ3v) is 4.05. The normalized spacial score (nSPS) is 10.3. The van der Waals surface area contributed by atoms with E-state index < -0.39 is 0 Å². The number of hydrogen-bond donors (Lipinski definition) is 2. The molecule has 0 aliphatic carbocycles. The number of aryl methyl sites for hydroxylation is 1. The van der Waals surface area contributed by atoms with Gasteiger partial charge in [0.25, 0.3) is 5.91 Å². The molecule has 3 aromatic rings. The van der Waals surface area contributed by atoms with Gasteiger partial charge in [0.05, 0.1) is 7.11 Å². The number of benzene rings is 2. The molecule has 6 nitrogen and oxygen atoms in total. The highest BCUT2D eigenvalue weighted by atomic mass is 35.5. The number of amides is 1. The number of ether oxygens (including phenoxy) is 1. The van der Waals surface area contributed by atoms with Gasteiger partial charge in [-0.15, -0.1) is 0 Å². The third-order valence-electron chi connectivity index (χ3n) is 3.80. The van der Waals surface area contributed by atoms with Crippen LogP contribution in [0.1, 0.15) is 21.7 Å². The highest BCUT2D eigenvalue weighted by Gasteiger charge is 2.11. The van der Waals surface area contributed by atoms with Crippen molar-refractivity contribution in [2.75, 3.05) is 17.7 Å². The van der Waals surface area contributed by atoms with Gasteiger partial charge in [0, 0.05) is 22.9 Å². The van der Waals surface area contributed by atoms with Crippen LogP contribution in [0.3, 0.4) is 0 Å². The van der Waals surface area contributed by atoms with E-state index in [1.165, 1.54) is 0 Å². The first-order valence-electron chi connectivity index (χ1n) is 8.33. The molecule has 1 amide bonds. The molecule has 0 saturated carbocycles. The summed E-state index contributed by atoms with van der Waals surface area (Å²) in [6.07, 6.45) is 0. The fourth-order valence-electron chi connectivity index (χ4n) is 2.42. The number of methoxy groups -OCH3 is 1. The van der Waals surface area contributed by atoms with E-state index in [1.54, 1.807) is 37.4 Å². The van der Waals surface area contributed by atoms with Gasteiger partial charge in [0.2, 0.25) is 5.95 Å². The summed E-state index contributed by atoms with van der Waals surface area (Å²) in [5, 5.41) is 6.63. The van der Waals surface area contributed by atoms with Crippen LogP contribution in [0.25, 0.3) is 0 Å². The Hall–Kier alpha value is -3.12. The molecule has 27 heavy (non-hydrogen) atoms. The largest absolute Gasteiger partial charge is 0.497 e. The van der Waals surface area contributed by atoms with Crippen molar-refractivity contribution in [3.63, 3.8) is 0 Å². The van der Waals surface area contributed by atoms with E-state index in [0.29, 0.717) is 28.9 Å². The van der Waals surface area contributed by atoms with Crippen molar-refractivity contribution in [1.29, 1.82) is 0 Å². The van der Waals surface area contributed by atoms with Crippen LogP contribution in [0, 0.1) is 6.92 Å². The van der Waals surface area contributed by atoms with E-state index in [0.717, 1.165) is 11.3 Å². The van der Waals surface area contributed by atoms with E-state index in [-0.39, 0.29) is 11.6 Å². The smallest absolute Gasteiger partial charge is 0.274 e. The third kappa shape index (κ3) is 5.18. The minimum atomic E-state index is -0.305. The molecular weight excluding hydrogens is 364 g/mol. The lowest BCUT2D eigenvalue weighted by Gasteiger charge is -2.09. The maximum Gasteiger partial charge on any atom is 0.274 e. The van der Waals surface area contributed by atoms with Gasteiger partial charge in [-0.2, -0.15) is 0 Å². The number of hydrogen-bond acceptors (Lipinski definition) is 5. The lowest BCUT2D eigenvalue weighted by atomic mass is 10.2. The molecular formula is C20H19ClN4O2. The quantitative estimate of drug-likeness (QED) is 0.664. The van der Waals surface area contributed by atoms with Gasteiger partial charge in [-0.3, -0.25) is 4.79 Å². The zero-order valence-corrected chi connectivity index (χ0v) is 15.7. The standard InChI is InChI=1S/C20H19ClN4O2/c1-13-11-18(19(26)24-16-7-9-17(27-2)10-8-16)25-20(23-13)22-12-14-3-5-15(21)6-4-14/h3-11H,12H2,1-2H3,(H,24,26)(H,22,23,25). The van der Waals surface area contributed by atoms with Crippen molar-refractivity contribution in [3.05, 3.63) is 76.6 Å². The van der Waals surface area contributed by atoms with Gasteiger partial charge in [-0.05, 0) is 55.0 Å². The zero-order valence-electron chi connectivity index (χ0n) is 15.0. The van der Waals surface area contributed by atoms with Crippen LogP contribution >= 0.6 is 11.6 Å². The second-order valence-corrected chi connectivity index (χ2v) is 6.32. The number of carbonyl (C=O) groups excluding carboxylic acids is 1. The van der Waals surface area contributed by atoms with Crippen molar-refractivity contribution in [1.82, 2.24) is 9.97 Å². The molecule has 1 aromatic heterocycles. The fourth-order valence-corrected chi connectivity index (χ4v) is 2.54. The molecule has 138 valence electrons. The van der Waals surface area contributed by atoms with Crippen molar-refractivity contribution in [3.8, 4) is 5.75 Å². The predicted molar refractivity (Wildman–Crippen MR) is 106 cm³/mol. The number of rotatable bonds is 6. The molecule has 0 fully saturated rings. The highest BCUT2D eigenvalue weighted by molar-refractivity contribution is 6.30. The second kappa shape index (κ2) is 8.51. The number of aromatic nitrogens is 2. The first kappa shape index (κ1) is 18.7. The lowest BCUT2D eigenvalue weighted by Crippen LogP contribution is -2.16. The number of anilines is 2. The van der Waals surface area contributed by atoms with Gasteiger partial charge >= 0.3 is 0 Å². The van der Waals surface area contributed by atoms with Crippen LogP contribution in [0.5, 0.6) is 5.75 Å². The predicted octanol–water partition coefficient (Wildman–Crippen LogP) is 4.31. The Bertz CT molecular complexity index is 928. The lowest BCUT2D eigenvalue weighted by molar-refractivity contribution is 0.102. The minimum absolute atomic E-state index is 0.289. The highest BCUT2D eigenvalue weighted by Crippen LogP contribution is 2.16. The molecule has 3 rings (SSSR count). The summed E-state index contributed by atoms with van der Waals surface area (Å²) in [7, 11) is 1.59. The first-order valence-corrected chi connectivity index (χ1v) is 8.71. The summed E-state index contributed by atoms with van der Waals surface area (Å²) in [4.78, 5) is 21.2.